The number of hydrogen-bond acceptors (Lipinski definition) is 9. The number of nitrogens with one attached hydrogen (secondary N) is 2. The number of carbonyl (C=O) groups is 1. The second-order valence-electron chi connectivity index (χ2n) is 8.32. The molecule has 2 N–H and O–H groups in total. The van der Waals surface area contributed by atoms with Crippen LogP contribution in [0.5, 0.6) is 11.5 Å². The van der Waals surface area contributed by atoms with Crippen molar-refractivity contribution in [1.82, 2.24) is 19.9 Å². The zero-order valence-corrected chi connectivity index (χ0v) is 21.3. The van der Waals surface area contributed by atoms with Gasteiger partial charge in [-0.3, -0.25) is 4.79 Å². The van der Waals surface area contributed by atoms with Crippen LogP contribution in [-0.2, 0) is 4.79 Å². The van der Waals surface area contributed by atoms with E-state index in [0.717, 1.165) is 12.6 Å². The van der Waals surface area contributed by atoms with Crippen LogP contribution in [0.2, 0.25) is 0 Å². The molecular weight excluding hydrogens is 503 g/mol. The van der Waals surface area contributed by atoms with E-state index in [-0.39, 0.29) is 11.8 Å². The highest BCUT2D eigenvalue weighted by Crippen LogP contribution is 2.38. The van der Waals surface area contributed by atoms with Gasteiger partial charge in [0.05, 0.1) is 24.2 Å². The van der Waals surface area contributed by atoms with E-state index < -0.39 is 18.0 Å². The van der Waals surface area contributed by atoms with Crippen LogP contribution in [0, 0.1) is 0 Å². The number of ether oxygens (including phenoxy) is 2. The Morgan fingerprint density at radius 3 is 2.53 bits per heavy atom. The first kappa shape index (κ1) is 28.2. The van der Waals surface area contributed by atoms with Crippen LogP contribution >= 0.6 is 0 Å². The summed E-state index contributed by atoms with van der Waals surface area (Å²) < 4.78 is 47.4. The molecule has 3 rings (SSSR count). The highest BCUT2D eigenvalue weighted by atomic mass is 19.4. The Morgan fingerprint density at radius 2 is 1.87 bits per heavy atom. The summed E-state index contributed by atoms with van der Waals surface area (Å²) in [5.74, 6) is -0.134. The molecule has 3 aromatic rings. The molecule has 0 fully saturated rings. The van der Waals surface area contributed by atoms with E-state index in [4.69, 9.17) is 4.74 Å². The Bertz CT molecular complexity index is 1290. The zero-order chi connectivity index (χ0) is 27.9. The minimum absolute atomic E-state index is 0.102. The molecular formula is C25H28F3N7O3. The molecule has 0 radical (unpaired) electrons. The van der Waals surface area contributed by atoms with Gasteiger partial charge < -0.3 is 29.9 Å². The summed E-state index contributed by atoms with van der Waals surface area (Å²) >= 11 is 0. The maximum Gasteiger partial charge on any atom is 0.573 e. The molecule has 13 heteroatoms. The van der Waals surface area contributed by atoms with Crippen molar-refractivity contribution in [3.8, 4) is 22.9 Å². The number of halogens is 3. The predicted molar refractivity (Wildman–Crippen MR) is 139 cm³/mol. The molecule has 0 spiro atoms. The number of alkyl halides is 3. The second-order valence-corrected chi connectivity index (χ2v) is 8.32. The molecule has 1 heterocycles. The van der Waals surface area contributed by atoms with Gasteiger partial charge in [-0.25, -0.2) is 9.97 Å². The summed E-state index contributed by atoms with van der Waals surface area (Å²) in [6, 6.07) is 8.73. The molecule has 0 aliphatic rings. The first-order valence-electron chi connectivity index (χ1n) is 11.3. The smallest absolute Gasteiger partial charge is 0.494 e. The largest absolute Gasteiger partial charge is 0.573 e. The average Bonchev–Trinajstić information content (AvgIpc) is 2.86. The van der Waals surface area contributed by atoms with E-state index in [2.05, 4.69) is 36.9 Å². The first-order valence-corrected chi connectivity index (χ1v) is 11.3. The van der Waals surface area contributed by atoms with Gasteiger partial charge in [-0.15, -0.1) is 13.2 Å². The Morgan fingerprint density at radius 1 is 1.11 bits per heavy atom. The van der Waals surface area contributed by atoms with Gasteiger partial charge in [-0.1, -0.05) is 18.7 Å². The molecule has 0 aliphatic carbocycles. The highest BCUT2D eigenvalue weighted by Gasteiger charge is 2.31. The molecule has 0 atom stereocenters. The van der Waals surface area contributed by atoms with Crippen molar-refractivity contribution < 1.29 is 27.4 Å². The summed E-state index contributed by atoms with van der Waals surface area (Å²) in [5, 5.41) is 5.83. The third-order valence-corrected chi connectivity index (χ3v) is 5.20. The van der Waals surface area contributed by atoms with Crippen LogP contribution in [-0.4, -0.2) is 73.5 Å². The maximum absolute atomic E-state index is 12.6. The third kappa shape index (κ3) is 7.80. The Hall–Kier alpha value is -4.39. The number of aromatic nitrogens is 3. The van der Waals surface area contributed by atoms with Crippen molar-refractivity contribution in [2.75, 3.05) is 56.9 Å². The van der Waals surface area contributed by atoms with E-state index >= 15 is 0 Å². The van der Waals surface area contributed by atoms with Crippen molar-refractivity contribution in [2.24, 2.45) is 0 Å². The standard InChI is InChI=1S/C25H28F3N7O3/c1-6-22(36)31-18-13-19(21(37-5)14-20(18)35(4)11-10-34(2)3)32-24-30-15-29-23(33-24)16-8-7-9-17(12-16)38-25(26,27)28/h6-9,12-15H,1,10-11H2,2-5H3,(H,31,36)(H,29,30,32,33). The molecule has 2 aromatic carbocycles. The van der Waals surface area contributed by atoms with Crippen molar-refractivity contribution in [3.05, 3.63) is 55.4 Å². The van der Waals surface area contributed by atoms with Gasteiger partial charge in [0.15, 0.2) is 5.82 Å². The quantitative estimate of drug-likeness (QED) is 0.350. The summed E-state index contributed by atoms with van der Waals surface area (Å²) in [6.45, 7) is 4.96. The van der Waals surface area contributed by atoms with Gasteiger partial charge in [-0.05, 0) is 38.4 Å². The first-order chi connectivity index (χ1) is 18.0. The Kier molecular flexibility index (Phi) is 9.07. The van der Waals surface area contributed by atoms with E-state index in [0.29, 0.717) is 34.9 Å². The maximum atomic E-state index is 12.6. The number of carbonyl (C=O) groups excluding carboxylic acids is 1. The summed E-state index contributed by atoms with van der Waals surface area (Å²) in [7, 11) is 7.32. The van der Waals surface area contributed by atoms with E-state index in [1.165, 1.54) is 31.6 Å². The van der Waals surface area contributed by atoms with Crippen LogP contribution in [0.3, 0.4) is 0 Å². The van der Waals surface area contributed by atoms with Crippen molar-refractivity contribution in [3.63, 3.8) is 0 Å². The lowest BCUT2D eigenvalue weighted by molar-refractivity contribution is -0.274. The number of hydrogen-bond donors (Lipinski definition) is 2. The predicted octanol–water partition coefficient (Wildman–Crippen LogP) is 4.31. The van der Waals surface area contributed by atoms with Crippen LogP contribution in [0.1, 0.15) is 0 Å². The van der Waals surface area contributed by atoms with Crippen LogP contribution in [0.4, 0.5) is 36.2 Å². The van der Waals surface area contributed by atoms with E-state index in [1.54, 1.807) is 18.2 Å². The Labute approximate surface area is 218 Å². The van der Waals surface area contributed by atoms with Gasteiger partial charge in [0, 0.05) is 31.8 Å². The lowest BCUT2D eigenvalue weighted by Crippen LogP contribution is -2.29. The second kappa shape index (κ2) is 12.2. The van der Waals surface area contributed by atoms with Crippen LogP contribution in [0.25, 0.3) is 11.4 Å². The molecule has 0 unspecified atom stereocenters. The molecule has 0 saturated carbocycles. The molecule has 0 bridgehead atoms. The van der Waals surface area contributed by atoms with Gasteiger partial charge in [0.25, 0.3) is 0 Å². The lowest BCUT2D eigenvalue weighted by atomic mass is 10.2. The topological polar surface area (TPSA) is 105 Å². The zero-order valence-electron chi connectivity index (χ0n) is 21.3. The molecule has 1 amide bonds. The number of benzene rings is 2. The highest BCUT2D eigenvalue weighted by molar-refractivity contribution is 6.02. The fourth-order valence-electron chi connectivity index (χ4n) is 3.35. The van der Waals surface area contributed by atoms with Crippen LogP contribution < -0.4 is 25.0 Å². The SMILES string of the molecule is C=CC(=O)Nc1cc(Nc2ncnc(-c3cccc(OC(F)(F)F)c3)n2)c(OC)cc1N(C)CCN(C)C. The number of likely N-dealkylation sites (N-methyl/N-ethyl adjacent to an activating group) is 2. The Balaban J connectivity index is 1.95. The van der Waals surface area contributed by atoms with Crippen molar-refractivity contribution >= 4 is 28.9 Å². The van der Waals surface area contributed by atoms with Crippen molar-refractivity contribution in [1.29, 1.82) is 0 Å². The summed E-state index contributed by atoms with van der Waals surface area (Å²) in [5.41, 5.74) is 1.93. The molecule has 202 valence electrons. The monoisotopic (exact) mass is 531 g/mol. The summed E-state index contributed by atoms with van der Waals surface area (Å²) in [6.07, 6.45) is -2.44. The van der Waals surface area contributed by atoms with Gasteiger partial charge in [0.1, 0.15) is 17.8 Å². The van der Waals surface area contributed by atoms with Crippen LogP contribution in [0.15, 0.2) is 55.4 Å². The van der Waals surface area contributed by atoms with Crippen molar-refractivity contribution in [2.45, 2.75) is 6.36 Å². The number of methoxy groups -OCH3 is 1. The normalized spacial score (nSPS) is 11.2. The third-order valence-electron chi connectivity index (χ3n) is 5.20. The molecule has 10 nitrogen and oxygen atoms in total. The number of rotatable bonds is 11. The molecule has 1 aromatic heterocycles. The van der Waals surface area contributed by atoms with Gasteiger partial charge in [-0.2, -0.15) is 4.98 Å². The number of anilines is 4. The van der Waals surface area contributed by atoms with Gasteiger partial charge in [0.2, 0.25) is 11.9 Å². The molecule has 0 aliphatic heterocycles. The minimum atomic E-state index is -4.83. The molecule has 0 saturated heterocycles. The van der Waals surface area contributed by atoms with Gasteiger partial charge >= 0.3 is 6.36 Å². The molecule has 38 heavy (non-hydrogen) atoms. The van der Waals surface area contributed by atoms with E-state index in [9.17, 15) is 18.0 Å². The number of nitrogens with zero attached hydrogens (tertiary/aromatic N) is 5. The summed E-state index contributed by atoms with van der Waals surface area (Å²) in [4.78, 5) is 28.6. The fourth-order valence-corrected chi connectivity index (χ4v) is 3.35. The van der Waals surface area contributed by atoms with E-state index in [1.807, 2.05) is 30.9 Å². The minimum Gasteiger partial charge on any atom is -0.494 e. The lowest BCUT2D eigenvalue weighted by Gasteiger charge is -2.26. The number of amides is 1. The fraction of sp³-hybridized carbons (Fsp3) is 0.280. The average molecular weight is 532 g/mol.